The highest BCUT2D eigenvalue weighted by atomic mass is 16.5. The van der Waals surface area contributed by atoms with Crippen LogP contribution in [0.3, 0.4) is 0 Å². The molecule has 3 nitrogen and oxygen atoms in total. The van der Waals surface area contributed by atoms with Crippen LogP contribution in [0.1, 0.15) is 38.5 Å². The molecule has 0 amide bonds. The Hall–Kier alpha value is -0.120. The summed E-state index contributed by atoms with van der Waals surface area (Å²) < 4.78 is 5.29. The van der Waals surface area contributed by atoms with E-state index in [9.17, 15) is 5.11 Å². The van der Waals surface area contributed by atoms with Crippen LogP contribution in [-0.2, 0) is 4.74 Å². The predicted molar refractivity (Wildman–Crippen MR) is 64.4 cm³/mol. The van der Waals surface area contributed by atoms with Crippen LogP contribution in [0.25, 0.3) is 0 Å². The lowest BCUT2D eigenvalue weighted by Gasteiger charge is -2.23. The molecule has 0 bridgehead atoms. The summed E-state index contributed by atoms with van der Waals surface area (Å²) in [5.41, 5.74) is 0. The van der Waals surface area contributed by atoms with Crippen LogP contribution in [0.4, 0.5) is 0 Å². The molecule has 3 heteroatoms. The Morgan fingerprint density at radius 2 is 2.00 bits per heavy atom. The average molecular weight is 227 g/mol. The highest BCUT2D eigenvalue weighted by Crippen LogP contribution is 2.23. The second kappa shape index (κ2) is 6.58. The lowest BCUT2D eigenvalue weighted by Crippen LogP contribution is -2.36. The zero-order chi connectivity index (χ0) is 11.2. The van der Waals surface area contributed by atoms with Crippen molar-refractivity contribution in [3.8, 4) is 0 Å². The highest BCUT2D eigenvalue weighted by Gasteiger charge is 2.23. The van der Waals surface area contributed by atoms with E-state index in [1.165, 1.54) is 32.1 Å². The van der Waals surface area contributed by atoms with E-state index in [0.29, 0.717) is 5.92 Å². The number of rotatable bonds is 5. The van der Waals surface area contributed by atoms with Crippen molar-refractivity contribution in [2.75, 3.05) is 26.3 Å². The summed E-state index contributed by atoms with van der Waals surface area (Å²) in [6.07, 6.45) is 7.75. The fourth-order valence-corrected chi connectivity index (χ4v) is 2.85. The molecule has 2 aliphatic rings. The van der Waals surface area contributed by atoms with Gasteiger partial charge in [0.25, 0.3) is 0 Å². The second-order valence-corrected chi connectivity index (χ2v) is 5.35. The van der Waals surface area contributed by atoms with Gasteiger partial charge in [0.05, 0.1) is 12.7 Å². The zero-order valence-corrected chi connectivity index (χ0v) is 10.2. The molecule has 1 saturated heterocycles. The summed E-state index contributed by atoms with van der Waals surface area (Å²) in [5.74, 6) is 1.21. The van der Waals surface area contributed by atoms with Crippen molar-refractivity contribution in [2.24, 2.45) is 11.8 Å². The molecule has 1 heterocycles. The first-order chi connectivity index (χ1) is 7.86. The Kier molecular flexibility index (Phi) is 5.07. The molecule has 0 spiro atoms. The summed E-state index contributed by atoms with van der Waals surface area (Å²) in [4.78, 5) is 0. The van der Waals surface area contributed by atoms with Gasteiger partial charge >= 0.3 is 0 Å². The molecule has 1 aliphatic carbocycles. The lowest BCUT2D eigenvalue weighted by atomic mass is 9.89. The summed E-state index contributed by atoms with van der Waals surface area (Å²) in [6.45, 7) is 3.39. The molecule has 0 aromatic heterocycles. The molecule has 1 aliphatic heterocycles. The summed E-state index contributed by atoms with van der Waals surface area (Å²) >= 11 is 0. The van der Waals surface area contributed by atoms with E-state index in [2.05, 4.69) is 5.32 Å². The van der Waals surface area contributed by atoms with Crippen LogP contribution in [0.15, 0.2) is 0 Å². The first kappa shape index (κ1) is 12.3. The monoisotopic (exact) mass is 227 g/mol. The van der Waals surface area contributed by atoms with E-state index in [1.807, 2.05) is 0 Å². The molecule has 0 aromatic carbocycles. The van der Waals surface area contributed by atoms with Crippen molar-refractivity contribution in [2.45, 2.75) is 44.6 Å². The average Bonchev–Trinajstić information content (AvgIpc) is 2.84. The molecule has 2 N–H and O–H groups in total. The largest absolute Gasteiger partial charge is 0.391 e. The molecule has 2 rings (SSSR count). The Morgan fingerprint density at radius 3 is 2.69 bits per heavy atom. The molecule has 1 saturated carbocycles. The van der Waals surface area contributed by atoms with E-state index < -0.39 is 0 Å². The Balaban J connectivity index is 1.56. The molecular formula is C13H25NO2. The Morgan fingerprint density at radius 1 is 1.19 bits per heavy atom. The number of aliphatic hydroxyl groups is 1. The third-order valence-electron chi connectivity index (χ3n) is 4.02. The van der Waals surface area contributed by atoms with Crippen molar-refractivity contribution in [3.05, 3.63) is 0 Å². The van der Waals surface area contributed by atoms with Crippen LogP contribution in [-0.4, -0.2) is 37.5 Å². The van der Waals surface area contributed by atoms with Gasteiger partial charge in [-0.25, -0.2) is 0 Å². The van der Waals surface area contributed by atoms with Crippen LogP contribution in [0, 0.1) is 11.8 Å². The van der Waals surface area contributed by atoms with Gasteiger partial charge in [0.2, 0.25) is 0 Å². The van der Waals surface area contributed by atoms with E-state index in [-0.39, 0.29) is 6.10 Å². The van der Waals surface area contributed by atoms with Crippen molar-refractivity contribution >= 4 is 0 Å². The van der Waals surface area contributed by atoms with Gasteiger partial charge in [0, 0.05) is 19.1 Å². The van der Waals surface area contributed by atoms with Crippen molar-refractivity contribution in [1.29, 1.82) is 0 Å². The fraction of sp³-hybridized carbons (Fsp3) is 1.00. The van der Waals surface area contributed by atoms with E-state index in [4.69, 9.17) is 4.74 Å². The quantitative estimate of drug-likeness (QED) is 0.749. The SMILES string of the molecule is OC(CNCC1CCCCC1)C1CCOC1. The topological polar surface area (TPSA) is 41.5 Å². The summed E-state index contributed by atoms with van der Waals surface area (Å²) in [5, 5.41) is 13.4. The number of hydrogen-bond donors (Lipinski definition) is 2. The summed E-state index contributed by atoms with van der Waals surface area (Å²) in [6, 6.07) is 0. The maximum absolute atomic E-state index is 9.94. The van der Waals surface area contributed by atoms with Gasteiger partial charge in [0.1, 0.15) is 0 Å². The Labute approximate surface area is 98.6 Å². The number of aliphatic hydroxyl groups excluding tert-OH is 1. The molecule has 2 unspecified atom stereocenters. The molecule has 0 radical (unpaired) electrons. The minimum atomic E-state index is -0.217. The van der Waals surface area contributed by atoms with Crippen LogP contribution in [0.2, 0.25) is 0 Å². The smallest absolute Gasteiger partial charge is 0.0715 e. The molecular weight excluding hydrogens is 202 g/mol. The van der Waals surface area contributed by atoms with Gasteiger partial charge in [0.15, 0.2) is 0 Å². The molecule has 0 aromatic rings. The van der Waals surface area contributed by atoms with E-state index in [0.717, 1.165) is 38.6 Å². The standard InChI is InChI=1S/C13H25NO2/c15-13(12-6-7-16-10-12)9-14-8-11-4-2-1-3-5-11/h11-15H,1-10H2. The number of nitrogens with one attached hydrogen (secondary N) is 1. The first-order valence-corrected chi connectivity index (χ1v) is 6.83. The van der Waals surface area contributed by atoms with Crippen molar-refractivity contribution in [3.63, 3.8) is 0 Å². The lowest BCUT2D eigenvalue weighted by molar-refractivity contribution is 0.0895. The molecule has 2 atom stereocenters. The predicted octanol–water partition coefficient (Wildman–Crippen LogP) is 1.55. The van der Waals surface area contributed by atoms with E-state index >= 15 is 0 Å². The van der Waals surface area contributed by atoms with Gasteiger partial charge in [-0.3, -0.25) is 0 Å². The number of ether oxygens (including phenoxy) is 1. The third kappa shape index (κ3) is 3.72. The first-order valence-electron chi connectivity index (χ1n) is 6.83. The van der Waals surface area contributed by atoms with Gasteiger partial charge in [-0.2, -0.15) is 0 Å². The second-order valence-electron chi connectivity index (χ2n) is 5.35. The zero-order valence-electron chi connectivity index (χ0n) is 10.2. The van der Waals surface area contributed by atoms with Gasteiger partial charge in [-0.05, 0) is 31.7 Å². The molecule has 16 heavy (non-hydrogen) atoms. The van der Waals surface area contributed by atoms with Crippen LogP contribution >= 0.6 is 0 Å². The Bertz CT molecular complexity index is 186. The maximum atomic E-state index is 9.94. The number of hydrogen-bond acceptors (Lipinski definition) is 3. The van der Waals surface area contributed by atoms with Crippen LogP contribution in [0.5, 0.6) is 0 Å². The van der Waals surface area contributed by atoms with Crippen LogP contribution < -0.4 is 5.32 Å². The fourth-order valence-electron chi connectivity index (χ4n) is 2.85. The van der Waals surface area contributed by atoms with Crippen molar-refractivity contribution < 1.29 is 9.84 Å². The van der Waals surface area contributed by atoms with E-state index in [1.54, 1.807) is 0 Å². The highest BCUT2D eigenvalue weighted by molar-refractivity contribution is 4.75. The summed E-state index contributed by atoms with van der Waals surface area (Å²) in [7, 11) is 0. The molecule has 2 fully saturated rings. The normalized spacial score (nSPS) is 29.4. The van der Waals surface area contributed by atoms with Gasteiger partial charge in [-0.15, -0.1) is 0 Å². The third-order valence-corrected chi connectivity index (χ3v) is 4.02. The maximum Gasteiger partial charge on any atom is 0.0715 e. The molecule has 94 valence electrons. The van der Waals surface area contributed by atoms with Gasteiger partial charge in [-0.1, -0.05) is 19.3 Å². The van der Waals surface area contributed by atoms with Gasteiger partial charge < -0.3 is 15.2 Å². The minimum absolute atomic E-state index is 0.217. The minimum Gasteiger partial charge on any atom is -0.391 e. The van der Waals surface area contributed by atoms with Crippen molar-refractivity contribution in [1.82, 2.24) is 5.32 Å².